The van der Waals surface area contributed by atoms with E-state index in [0.717, 1.165) is 5.56 Å². The molecule has 170 valence electrons. The third-order valence-electron chi connectivity index (χ3n) is 5.89. The van der Waals surface area contributed by atoms with E-state index < -0.39 is 11.7 Å². The molecule has 0 radical (unpaired) electrons. The Morgan fingerprint density at radius 2 is 1.91 bits per heavy atom. The molecular formula is C24H22ClFN4O3. The molecule has 33 heavy (non-hydrogen) atoms. The highest BCUT2D eigenvalue weighted by atomic mass is 35.5. The van der Waals surface area contributed by atoms with Crippen molar-refractivity contribution in [1.82, 2.24) is 15.1 Å². The molecule has 0 unspecified atom stereocenters. The predicted octanol–water partition coefficient (Wildman–Crippen LogP) is 3.26. The van der Waals surface area contributed by atoms with Crippen LogP contribution in [-0.2, 0) is 11.2 Å². The van der Waals surface area contributed by atoms with E-state index >= 15 is 0 Å². The summed E-state index contributed by atoms with van der Waals surface area (Å²) in [5.41, 5.74) is 2.93. The second kappa shape index (κ2) is 9.15. The Morgan fingerprint density at radius 3 is 2.64 bits per heavy atom. The van der Waals surface area contributed by atoms with Crippen LogP contribution in [0.1, 0.15) is 32.7 Å². The Bertz CT molecular complexity index is 1310. The number of anilines is 1. The molecular weight excluding hydrogens is 447 g/mol. The number of hydrogen-bond donors (Lipinski definition) is 1. The third kappa shape index (κ3) is 4.66. The number of nitrogens with zero attached hydrogens (tertiary/aromatic N) is 3. The van der Waals surface area contributed by atoms with E-state index in [1.165, 1.54) is 17.0 Å². The van der Waals surface area contributed by atoms with Crippen molar-refractivity contribution < 1.29 is 14.0 Å². The molecule has 4 rings (SSSR count). The lowest BCUT2D eigenvalue weighted by Gasteiger charge is -2.34. The van der Waals surface area contributed by atoms with Crippen molar-refractivity contribution in [2.24, 2.45) is 0 Å². The molecule has 0 spiro atoms. The summed E-state index contributed by atoms with van der Waals surface area (Å²) in [6.45, 7) is 3.90. The lowest BCUT2D eigenvalue weighted by atomic mass is 10.0. The number of H-pyrrole nitrogens is 1. The first-order valence-corrected chi connectivity index (χ1v) is 10.8. The van der Waals surface area contributed by atoms with Crippen molar-refractivity contribution in [3.63, 3.8) is 0 Å². The fraction of sp³-hybridized carbons (Fsp3) is 0.250. The van der Waals surface area contributed by atoms with Crippen LogP contribution < -0.4 is 10.5 Å². The summed E-state index contributed by atoms with van der Waals surface area (Å²) >= 11 is 6.02. The van der Waals surface area contributed by atoms with E-state index in [9.17, 15) is 18.8 Å². The fourth-order valence-corrected chi connectivity index (χ4v) is 4.00. The number of benzene rings is 2. The molecule has 1 fully saturated rings. The number of piperazine rings is 1. The van der Waals surface area contributed by atoms with Crippen LogP contribution in [0.4, 0.5) is 10.1 Å². The SMILES string of the molecule is Cc1c(Cc2ccc(F)c(C(=O)N3CCN(c4cccc(Cl)c4)C(=O)C3)c2)n[nH]c(=O)c1C. The van der Waals surface area contributed by atoms with Gasteiger partial charge in [0.2, 0.25) is 5.91 Å². The van der Waals surface area contributed by atoms with E-state index in [4.69, 9.17) is 11.6 Å². The van der Waals surface area contributed by atoms with Crippen LogP contribution in [0.2, 0.25) is 5.02 Å². The molecule has 9 heteroatoms. The number of carbonyl (C=O) groups excluding carboxylic acids is 2. The van der Waals surface area contributed by atoms with Crippen LogP contribution in [0.15, 0.2) is 47.3 Å². The lowest BCUT2D eigenvalue weighted by Crippen LogP contribution is -2.52. The molecule has 1 aliphatic rings. The smallest absolute Gasteiger partial charge is 0.267 e. The Kier molecular flexibility index (Phi) is 6.29. The van der Waals surface area contributed by atoms with Gasteiger partial charge in [0.15, 0.2) is 0 Å². The summed E-state index contributed by atoms with van der Waals surface area (Å²) in [6.07, 6.45) is 0.325. The van der Waals surface area contributed by atoms with Gasteiger partial charge in [0.05, 0.1) is 11.3 Å². The highest BCUT2D eigenvalue weighted by Gasteiger charge is 2.30. The monoisotopic (exact) mass is 468 g/mol. The molecule has 0 atom stereocenters. The number of aromatic nitrogens is 2. The minimum atomic E-state index is -0.657. The van der Waals surface area contributed by atoms with E-state index in [1.54, 1.807) is 49.1 Å². The second-order valence-corrected chi connectivity index (χ2v) is 8.43. The zero-order valence-electron chi connectivity index (χ0n) is 18.2. The first-order chi connectivity index (χ1) is 15.7. The molecule has 1 aromatic heterocycles. The Morgan fingerprint density at radius 1 is 1.12 bits per heavy atom. The first-order valence-electron chi connectivity index (χ1n) is 10.4. The van der Waals surface area contributed by atoms with Crippen molar-refractivity contribution in [3.8, 4) is 0 Å². The zero-order valence-corrected chi connectivity index (χ0v) is 18.9. The molecule has 0 bridgehead atoms. The molecule has 2 aromatic carbocycles. The van der Waals surface area contributed by atoms with Crippen molar-refractivity contribution in [2.75, 3.05) is 24.5 Å². The van der Waals surface area contributed by atoms with Crippen LogP contribution in [0.25, 0.3) is 0 Å². The maximum Gasteiger partial charge on any atom is 0.267 e. The zero-order chi connectivity index (χ0) is 23.7. The topological polar surface area (TPSA) is 86.4 Å². The van der Waals surface area contributed by atoms with E-state index in [2.05, 4.69) is 10.2 Å². The van der Waals surface area contributed by atoms with E-state index in [0.29, 0.717) is 34.0 Å². The molecule has 1 aliphatic heterocycles. The fourth-order valence-electron chi connectivity index (χ4n) is 3.82. The van der Waals surface area contributed by atoms with Gasteiger partial charge in [-0.1, -0.05) is 23.7 Å². The summed E-state index contributed by atoms with van der Waals surface area (Å²) in [6, 6.07) is 11.2. The summed E-state index contributed by atoms with van der Waals surface area (Å²) in [7, 11) is 0. The molecule has 0 saturated carbocycles. The van der Waals surface area contributed by atoms with Crippen molar-refractivity contribution in [1.29, 1.82) is 0 Å². The van der Waals surface area contributed by atoms with Crippen molar-refractivity contribution in [3.05, 3.63) is 91.6 Å². The Balaban J connectivity index is 1.52. The standard InChI is InChI=1S/C24H22ClFN4O3/c1-14-15(2)23(32)28-27-21(14)11-16-6-7-20(26)19(10-16)24(33)29-8-9-30(22(31)13-29)18-5-3-4-17(25)12-18/h3-7,10,12H,8-9,11,13H2,1-2H3,(H,28,32). The first kappa shape index (κ1) is 22.7. The van der Waals surface area contributed by atoms with Gasteiger partial charge in [0.1, 0.15) is 12.4 Å². The summed E-state index contributed by atoms with van der Waals surface area (Å²) in [4.78, 5) is 40.4. The largest absolute Gasteiger partial charge is 0.327 e. The average Bonchev–Trinajstić information content (AvgIpc) is 2.80. The van der Waals surface area contributed by atoms with Crippen molar-refractivity contribution in [2.45, 2.75) is 20.3 Å². The number of rotatable bonds is 4. The van der Waals surface area contributed by atoms with Gasteiger partial charge in [-0.3, -0.25) is 14.4 Å². The summed E-state index contributed by atoms with van der Waals surface area (Å²) < 4.78 is 14.6. The van der Waals surface area contributed by atoms with Crippen molar-refractivity contribution >= 4 is 29.1 Å². The molecule has 1 N–H and O–H groups in total. The molecule has 0 aliphatic carbocycles. The summed E-state index contributed by atoms with van der Waals surface area (Å²) in [5.74, 6) is -1.47. The van der Waals surface area contributed by atoms with Crippen LogP contribution in [0.3, 0.4) is 0 Å². The van der Waals surface area contributed by atoms with Gasteiger partial charge in [-0.25, -0.2) is 9.49 Å². The normalized spacial score (nSPS) is 14.0. The van der Waals surface area contributed by atoms with Gasteiger partial charge in [0, 0.05) is 35.8 Å². The van der Waals surface area contributed by atoms with Gasteiger partial charge in [-0.15, -0.1) is 0 Å². The number of halogens is 2. The highest BCUT2D eigenvalue weighted by Crippen LogP contribution is 2.23. The van der Waals surface area contributed by atoms with Gasteiger partial charge < -0.3 is 9.80 Å². The maximum atomic E-state index is 14.6. The minimum absolute atomic E-state index is 0.102. The number of carbonyl (C=O) groups is 2. The second-order valence-electron chi connectivity index (χ2n) is 7.99. The van der Waals surface area contributed by atoms with Gasteiger partial charge in [-0.2, -0.15) is 5.10 Å². The number of hydrogen-bond acceptors (Lipinski definition) is 4. The van der Waals surface area contributed by atoms with Crippen LogP contribution in [0, 0.1) is 19.7 Å². The number of nitrogens with one attached hydrogen (secondary N) is 1. The van der Waals surface area contributed by atoms with E-state index in [1.807, 2.05) is 0 Å². The quantitative estimate of drug-likeness (QED) is 0.636. The number of aromatic amines is 1. The molecule has 1 saturated heterocycles. The molecule has 7 nitrogen and oxygen atoms in total. The lowest BCUT2D eigenvalue weighted by molar-refractivity contribution is -0.120. The van der Waals surface area contributed by atoms with Gasteiger partial charge >= 0.3 is 0 Å². The average molecular weight is 469 g/mol. The number of amides is 2. The third-order valence-corrected chi connectivity index (χ3v) is 6.12. The Labute approximate surface area is 194 Å². The van der Waals surface area contributed by atoms with Crippen LogP contribution in [-0.4, -0.2) is 46.5 Å². The maximum absolute atomic E-state index is 14.6. The Hall–Kier alpha value is -3.52. The summed E-state index contributed by atoms with van der Waals surface area (Å²) in [5, 5.41) is 7.05. The minimum Gasteiger partial charge on any atom is -0.327 e. The van der Waals surface area contributed by atoms with E-state index in [-0.39, 0.29) is 36.7 Å². The molecule has 3 aromatic rings. The molecule has 2 heterocycles. The van der Waals surface area contributed by atoms with Crippen LogP contribution >= 0.6 is 11.6 Å². The van der Waals surface area contributed by atoms with Crippen LogP contribution in [0.5, 0.6) is 0 Å². The van der Waals surface area contributed by atoms with Gasteiger partial charge in [-0.05, 0) is 55.3 Å². The highest BCUT2D eigenvalue weighted by molar-refractivity contribution is 6.30. The molecule has 2 amide bonds. The van der Waals surface area contributed by atoms with Gasteiger partial charge in [0.25, 0.3) is 11.5 Å². The predicted molar refractivity (Wildman–Crippen MR) is 123 cm³/mol.